The second-order valence-corrected chi connectivity index (χ2v) is 3.85. The lowest BCUT2D eigenvalue weighted by atomic mass is 9.99. The molecule has 0 heterocycles. The molecule has 0 aromatic heterocycles. The zero-order valence-electron chi connectivity index (χ0n) is 10.2. The topological polar surface area (TPSA) is 55.5 Å². The molecule has 0 amide bonds. The van der Waals surface area contributed by atoms with E-state index < -0.39 is 36.1 Å². The van der Waals surface area contributed by atoms with Gasteiger partial charge in [-0.1, -0.05) is 6.07 Å². The summed E-state index contributed by atoms with van der Waals surface area (Å²) in [6, 6.07) is 0.0682. The summed E-state index contributed by atoms with van der Waals surface area (Å²) in [6.07, 6.45) is -4.62. The molecule has 0 saturated heterocycles. The highest BCUT2D eigenvalue weighted by molar-refractivity contribution is 5.85. The number of hydrogen-bond donors (Lipinski definition) is 2. The number of aliphatic hydroxyl groups excluding tert-OH is 1. The normalized spacial score (nSPS) is 13.6. The van der Waals surface area contributed by atoms with Crippen LogP contribution in [0.4, 0.5) is 22.0 Å². The van der Waals surface area contributed by atoms with Gasteiger partial charge in [-0.2, -0.15) is 13.2 Å². The van der Waals surface area contributed by atoms with Gasteiger partial charge >= 0.3 is 6.18 Å². The van der Waals surface area contributed by atoms with Crippen molar-refractivity contribution in [2.45, 2.75) is 18.1 Å². The van der Waals surface area contributed by atoms with Crippen LogP contribution < -0.4 is 10.5 Å². The molecule has 0 unspecified atom stereocenters. The van der Waals surface area contributed by atoms with Crippen molar-refractivity contribution in [2.24, 2.45) is 5.73 Å². The van der Waals surface area contributed by atoms with E-state index in [1.165, 1.54) is 0 Å². The second-order valence-electron chi connectivity index (χ2n) is 3.85. The van der Waals surface area contributed by atoms with Gasteiger partial charge < -0.3 is 15.6 Å². The van der Waals surface area contributed by atoms with Gasteiger partial charge in [0.15, 0.2) is 0 Å². The van der Waals surface area contributed by atoms with Crippen LogP contribution in [0.5, 0.6) is 5.75 Å². The Morgan fingerprint density at radius 2 is 1.80 bits per heavy atom. The number of halogens is 6. The maximum Gasteiger partial charge on any atom is 0.416 e. The van der Waals surface area contributed by atoms with Crippen LogP contribution in [0.25, 0.3) is 0 Å². The lowest BCUT2D eigenvalue weighted by molar-refractivity contribution is -0.137. The number of alkyl halides is 5. The van der Waals surface area contributed by atoms with E-state index in [4.69, 9.17) is 10.8 Å². The van der Waals surface area contributed by atoms with E-state index in [0.717, 1.165) is 13.2 Å². The Morgan fingerprint density at radius 3 is 2.20 bits per heavy atom. The largest absolute Gasteiger partial charge is 0.496 e. The lowest BCUT2D eigenvalue weighted by Gasteiger charge is -2.23. The van der Waals surface area contributed by atoms with Crippen molar-refractivity contribution in [1.29, 1.82) is 0 Å². The summed E-state index contributed by atoms with van der Waals surface area (Å²) in [5.74, 6) is -4.07. The Balaban J connectivity index is 0.00000361. The molecule has 0 aliphatic rings. The standard InChI is InChI=1S/C11H12F5NO2.ClH/c1-19-8-4-6(11(14,15)16)2-3-7(8)9(17)10(12,13)5-18;/h2-4,9,18H,5,17H2,1H3;1H/t9-;/m0./s1. The van der Waals surface area contributed by atoms with Crippen molar-refractivity contribution >= 4 is 12.4 Å². The number of methoxy groups -OCH3 is 1. The van der Waals surface area contributed by atoms with Crippen molar-refractivity contribution in [3.63, 3.8) is 0 Å². The second kappa shape index (κ2) is 6.55. The molecule has 0 saturated carbocycles. The van der Waals surface area contributed by atoms with Gasteiger partial charge in [0.25, 0.3) is 5.92 Å². The zero-order chi connectivity index (χ0) is 14.8. The van der Waals surface area contributed by atoms with Gasteiger partial charge in [-0.15, -0.1) is 12.4 Å². The predicted molar refractivity (Wildman–Crippen MR) is 64.2 cm³/mol. The Kier molecular flexibility index (Phi) is 6.19. The Morgan fingerprint density at radius 1 is 1.25 bits per heavy atom. The summed E-state index contributed by atoms with van der Waals surface area (Å²) in [6.45, 7) is -1.52. The number of ether oxygens (including phenoxy) is 1. The molecular formula is C11H13ClF5NO2. The van der Waals surface area contributed by atoms with E-state index in [2.05, 4.69) is 4.74 Å². The molecule has 1 aromatic carbocycles. The number of aliphatic hydroxyl groups is 1. The van der Waals surface area contributed by atoms with Crippen LogP contribution >= 0.6 is 12.4 Å². The van der Waals surface area contributed by atoms with Gasteiger partial charge in [0, 0.05) is 5.56 Å². The van der Waals surface area contributed by atoms with Crippen LogP contribution in [-0.4, -0.2) is 24.7 Å². The summed E-state index contributed by atoms with van der Waals surface area (Å²) >= 11 is 0. The van der Waals surface area contributed by atoms with Crippen molar-refractivity contribution in [3.8, 4) is 5.75 Å². The van der Waals surface area contributed by atoms with E-state index in [9.17, 15) is 22.0 Å². The first-order valence-electron chi connectivity index (χ1n) is 5.13. The highest BCUT2D eigenvalue weighted by Crippen LogP contribution is 2.38. The third kappa shape index (κ3) is 3.94. The van der Waals surface area contributed by atoms with Crippen LogP contribution in [0.2, 0.25) is 0 Å². The van der Waals surface area contributed by atoms with Crippen LogP contribution in [0.3, 0.4) is 0 Å². The molecule has 20 heavy (non-hydrogen) atoms. The molecule has 0 aliphatic carbocycles. The minimum Gasteiger partial charge on any atom is -0.496 e. The minimum absolute atomic E-state index is 0. The quantitative estimate of drug-likeness (QED) is 0.838. The van der Waals surface area contributed by atoms with Gasteiger partial charge in [0.1, 0.15) is 18.4 Å². The summed E-state index contributed by atoms with van der Waals surface area (Å²) in [4.78, 5) is 0. The first-order valence-corrected chi connectivity index (χ1v) is 5.13. The Labute approximate surface area is 117 Å². The minimum atomic E-state index is -4.62. The highest BCUT2D eigenvalue weighted by atomic mass is 35.5. The summed E-state index contributed by atoms with van der Waals surface area (Å²) < 4.78 is 68.5. The third-order valence-electron chi connectivity index (χ3n) is 2.56. The molecule has 1 aromatic rings. The molecule has 0 bridgehead atoms. The maximum absolute atomic E-state index is 13.2. The average molecular weight is 322 g/mol. The number of nitrogens with two attached hydrogens (primary N) is 1. The van der Waals surface area contributed by atoms with Gasteiger partial charge in [-0.05, 0) is 12.1 Å². The third-order valence-corrected chi connectivity index (χ3v) is 2.56. The maximum atomic E-state index is 13.2. The zero-order valence-corrected chi connectivity index (χ0v) is 11.1. The first kappa shape index (κ1) is 18.9. The van der Waals surface area contributed by atoms with Crippen LogP contribution in [0.1, 0.15) is 17.2 Å². The average Bonchev–Trinajstić information content (AvgIpc) is 2.35. The van der Waals surface area contributed by atoms with E-state index >= 15 is 0 Å². The van der Waals surface area contributed by atoms with Crippen LogP contribution in [0.15, 0.2) is 18.2 Å². The molecule has 0 fully saturated rings. The van der Waals surface area contributed by atoms with Gasteiger partial charge in [0.2, 0.25) is 0 Å². The fourth-order valence-electron chi connectivity index (χ4n) is 1.47. The van der Waals surface area contributed by atoms with Crippen molar-refractivity contribution in [2.75, 3.05) is 13.7 Å². The van der Waals surface area contributed by atoms with Gasteiger partial charge in [-0.25, -0.2) is 8.78 Å². The smallest absolute Gasteiger partial charge is 0.416 e. The number of benzene rings is 1. The molecule has 9 heteroatoms. The SMILES string of the molecule is COc1cc(C(F)(F)F)ccc1[C@H](N)C(F)(F)CO.Cl. The van der Waals surface area contributed by atoms with Crippen LogP contribution in [0, 0.1) is 0 Å². The molecular weight excluding hydrogens is 309 g/mol. The molecule has 1 atom stereocenters. The fraction of sp³-hybridized carbons (Fsp3) is 0.455. The van der Waals surface area contributed by atoms with Gasteiger partial charge in [-0.3, -0.25) is 0 Å². The van der Waals surface area contributed by atoms with E-state index in [1.807, 2.05) is 0 Å². The van der Waals surface area contributed by atoms with E-state index in [1.54, 1.807) is 0 Å². The molecule has 0 radical (unpaired) electrons. The summed E-state index contributed by atoms with van der Waals surface area (Å²) in [7, 11) is 1.04. The fourth-order valence-corrected chi connectivity index (χ4v) is 1.47. The molecule has 3 N–H and O–H groups in total. The first-order chi connectivity index (χ1) is 8.63. The Hall–Kier alpha value is -1.12. The molecule has 3 nitrogen and oxygen atoms in total. The highest BCUT2D eigenvalue weighted by Gasteiger charge is 2.40. The lowest BCUT2D eigenvalue weighted by Crippen LogP contribution is -2.36. The predicted octanol–water partition coefficient (Wildman–Crippen LogP) is 2.76. The molecule has 0 spiro atoms. The molecule has 1 rings (SSSR count). The van der Waals surface area contributed by atoms with Crippen LogP contribution in [-0.2, 0) is 6.18 Å². The van der Waals surface area contributed by atoms with E-state index in [-0.39, 0.29) is 18.0 Å². The van der Waals surface area contributed by atoms with Crippen molar-refractivity contribution in [3.05, 3.63) is 29.3 Å². The van der Waals surface area contributed by atoms with Crippen molar-refractivity contribution < 1.29 is 31.8 Å². The number of rotatable bonds is 4. The summed E-state index contributed by atoms with van der Waals surface area (Å²) in [5.41, 5.74) is 3.90. The Bertz CT molecular complexity index is 453. The molecule has 116 valence electrons. The van der Waals surface area contributed by atoms with Gasteiger partial charge in [0.05, 0.1) is 12.7 Å². The molecule has 0 aliphatic heterocycles. The van der Waals surface area contributed by atoms with Crippen molar-refractivity contribution in [1.82, 2.24) is 0 Å². The number of hydrogen-bond acceptors (Lipinski definition) is 3. The van der Waals surface area contributed by atoms with E-state index in [0.29, 0.717) is 12.1 Å². The monoisotopic (exact) mass is 321 g/mol. The summed E-state index contributed by atoms with van der Waals surface area (Å²) in [5, 5.41) is 8.52.